The molecule has 1 saturated heterocycles. The summed E-state index contributed by atoms with van der Waals surface area (Å²) in [5.41, 5.74) is 0. The Labute approximate surface area is 125 Å². The fourth-order valence-electron chi connectivity index (χ4n) is 2.61. The van der Waals surface area contributed by atoms with E-state index in [2.05, 4.69) is 24.5 Å². The van der Waals surface area contributed by atoms with Gasteiger partial charge >= 0.3 is 0 Å². The quantitative estimate of drug-likeness (QED) is 0.606. The van der Waals surface area contributed by atoms with Crippen molar-refractivity contribution in [2.45, 2.75) is 58.4 Å². The minimum Gasteiger partial charge on any atom is -0.317 e. The van der Waals surface area contributed by atoms with Gasteiger partial charge in [-0.25, -0.2) is 8.42 Å². The number of rotatable bonds is 10. The third-order valence-electron chi connectivity index (χ3n) is 3.86. The lowest BCUT2D eigenvalue weighted by Crippen LogP contribution is -2.46. The summed E-state index contributed by atoms with van der Waals surface area (Å²) in [5, 5.41) is 6.71. The maximum atomic E-state index is 11.5. The van der Waals surface area contributed by atoms with E-state index in [-0.39, 0.29) is 6.04 Å². The van der Waals surface area contributed by atoms with Crippen molar-refractivity contribution in [2.75, 3.05) is 31.1 Å². The fourth-order valence-corrected chi connectivity index (χ4v) is 4.10. The van der Waals surface area contributed by atoms with Crippen LogP contribution in [0.3, 0.4) is 0 Å². The number of nitrogens with one attached hydrogen (secondary N) is 2. The monoisotopic (exact) mass is 304 g/mol. The molecule has 1 unspecified atom stereocenters. The Morgan fingerprint density at radius 3 is 2.60 bits per heavy atom. The lowest BCUT2D eigenvalue weighted by atomic mass is 10.0. The molecular weight excluding hydrogens is 272 g/mol. The van der Waals surface area contributed by atoms with Crippen LogP contribution in [-0.4, -0.2) is 45.6 Å². The summed E-state index contributed by atoms with van der Waals surface area (Å²) >= 11 is 0. The van der Waals surface area contributed by atoms with Crippen molar-refractivity contribution in [1.82, 2.24) is 10.6 Å². The average Bonchev–Trinajstić information content (AvgIpc) is 2.35. The summed E-state index contributed by atoms with van der Waals surface area (Å²) < 4.78 is 23.0. The summed E-state index contributed by atoms with van der Waals surface area (Å²) in [6.07, 6.45) is 7.47. The number of unbranched alkanes of at least 4 members (excludes halogenated alkanes) is 3. The molecule has 5 heteroatoms. The van der Waals surface area contributed by atoms with Crippen LogP contribution in [0.15, 0.2) is 0 Å². The fraction of sp³-hybridized carbons (Fsp3) is 1.00. The number of hydrogen-bond donors (Lipinski definition) is 2. The summed E-state index contributed by atoms with van der Waals surface area (Å²) in [5.74, 6) is 1.43. The lowest BCUT2D eigenvalue weighted by Gasteiger charge is -2.23. The van der Waals surface area contributed by atoms with E-state index in [9.17, 15) is 8.42 Å². The Morgan fingerprint density at radius 2 is 1.90 bits per heavy atom. The molecule has 0 bridgehead atoms. The van der Waals surface area contributed by atoms with E-state index in [1.165, 1.54) is 32.1 Å². The van der Waals surface area contributed by atoms with Gasteiger partial charge in [0, 0.05) is 12.6 Å². The van der Waals surface area contributed by atoms with Crippen molar-refractivity contribution in [2.24, 2.45) is 5.92 Å². The van der Waals surface area contributed by atoms with Crippen molar-refractivity contribution in [1.29, 1.82) is 0 Å². The van der Waals surface area contributed by atoms with E-state index in [1.54, 1.807) is 0 Å². The maximum absolute atomic E-state index is 11.5. The molecule has 120 valence electrons. The first kappa shape index (κ1) is 17.9. The Kier molecular flexibility index (Phi) is 8.73. The molecule has 0 radical (unpaired) electrons. The van der Waals surface area contributed by atoms with Crippen LogP contribution in [0.4, 0.5) is 0 Å². The van der Waals surface area contributed by atoms with E-state index in [4.69, 9.17) is 0 Å². The molecule has 1 rings (SSSR count). The molecule has 0 aromatic rings. The molecule has 1 fully saturated rings. The molecule has 0 aromatic carbocycles. The Bertz CT molecular complexity index is 342. The third-order valence-corrected chi connectivity index (χ3v) is 5.59. The minimum absolute atomic E-state index is 0.146. The first-order valence-electron chi connectivity index (χ1n) is 8.14. The summed E-state index contributed by atoms with van der Waals surface area (Å²) in [7, 11) is -2.79. The van der Waals surface area contributed by atoms with Crippen molar-refractivity contribution in [3.05, 3.63) is 0 Å². The van der Waals surface area contributed by atoms with E-state index in [0.717, 1.165) is 25.4 Å². The van der Waals surface area contributed by atoms with Crippen molar-refractivity contribution >= 4 is 9.84 Å². The molecule has 4 nitrogen and oxygen atoms in total. The molecule has 1 atom stereocenters. The molecule has 2 N–H and O–H groups in total. The largest absolute Gasteiger partial charge is 0.317 e. The zero-order valence-electron chi connectivity index (χ0n) is 13.2. The Balaban J connectivity index is 1.90. The normalized spacial score (nSPS) is 22.2. The average molecular weight is 305 g/mol. The second kappa shape index (κ2) is 9.74. The van der Waals surface area contributed by atoms with Gasteiger partial charge in [0.15, 0.2) is 9.84 Å². The summed E-state index contributed by atoms with van der Waals surface area (Å²) in [4.78, 5) is 0. The highest BCUT2D eigenvalue weighted by Gasteiger charge is 2.23. The molecule has 0 amide bonds. The highest BCUT2D eigenvalue weighted by Crippen LogP contribution is 2.09. The van der Waals surface area contributed by atoms with Crippen LogP contribution in [-0.2, 0) is 9.84 Å². The molecule has 1 aliphatic rings. The SMILES string of the molecule is CC(C)CCCCCCNCCC1CS(=O)(=O)CCN1. The number of hydrogen-bond acceptors (Lipinski definition) is 4. The van der Waals surface area contributed by atoms with Gasteiger partial charge in [-0.15, -0.1) is 0 Å². The van der Waals surface area contributed by atoms with Gasteiger partial charge < -0.3 is 10.6 Å². The predicted molar refractivity (Wildman–Crippen MR) is 85.9 cm³/mol. The molecule has 1 aliphatic heterocycles. The zero-order valence-corrected chi connectivity index (χ0v) is 14.0. The lowest BCUT2D eigenvalue weighted by molar-refractivity contribution is 0.472. The van der Waals surface area contributed by atoms with E-state index in [0.29, 0.717) is 18.1 Å². The van der Waals surface area contributed by atoms with Crippen LogP contribution in [0, 0.1) is 5.92 Å². The molecule has 0 saturated carbocycles. The van der Waals surface area contributed by atoms with E-state index < -0.39 is 9.84 Å². The van der Waals surface area contributed by atoms with Gasteiger partial charge in [0.05, 0.1) is 11.5 Å². The first-order chi connectivity index (χ1) is 9.49. The Hall–Kier alpha value is -0.130. The van der Waals surface area contributed by atoms with Gasteiger partial charge in [0.25, 0.3) is 0 Å². The van der Waals surface area contributed by atoms with Crippen molar-refractivity contribution < 1.29 is 8.42 Å². The topological polar surface area (TPSA) is 58.2 Å². The van der Waals surface area contributed by atoms with Crippen LogP contribution in [0.1, 0.15) is 52.4 Å². The van der Waals surface area contributed by atoms with Crippen LogP contribution >= 0.6 is 0 Å². The second-order valence-corrected chi connectivity index (χ2v) is 8.63. The maximum Gasteiger partial charge on any atom is 0.153 e. The molecule has 0 aliphatic carbocycles. The molecule has 1 heterocycles. The first-order valence-corrected chi connectivity index (χ1v) is 9.96. The molecule has 0 aromatic heterocycles. The minimum atomic E-state index is -2.79. The number of sulfone groups is 1. The summed E-state index contributed by atoms with van der Waals surface area (Å²) in [6, 6.07) is 0.146. The van der Waals surface area contributed by atoms with E-state index in [1.807, 2.05) is 0 Å². The van der Waals surface area contributed by atoms with Gasteiger partial charge in [0.2, 0.25) is 0 Å². The van der Waals surface area contributed by atoms with Crippen molar-refractivity contribution in [3.63, 3.8) is 0 Å². The molecule has 0 spiro atoms. The van der Waals surface area contributed by atoms with Crippen LogP contribution < -0.4 is 10.6 Å². The van der Waals surface area contributed by atoms with Gasteiger partial charge in [-0.3, -0.25) is 0 Å². The standard InChI is InChI=1S/C15H32N2O2S/c1-14(2)7-5-3-4-6-9-16-10-8-15-13-20(18,19)12-11-17-15/h14-17H,3-13H2,1-2H3. The molecule has 20 heavy (non-hydrogen) atoms. The third kappa shape index (κ3) is 8.93. The van der Waals surface area contributed by atoms with Gasteiger partial charge in [-0.05, 0) is 31.8 Å². The Morgan fingerprint density at radius 1 is 1.15 bits per heavy atom. The van der Waals surface area contributed by atoms with Gasteiger partial charge in [0.1, 0.15) is 0 Å². The zero-order chi connectivity index (χ0) is 14.8. The highest BCUT2D eigenvalue weighted by molar-refractivity contribution is 7.91. The van der Waals surface area contributed by atoms with Crippen molar-refractivity contribution in [3.8, 4) is 0 Å². The predicted octanol–water partition coefficient (Wildman–Crippen LogP) is 1.96. The van der Waals surface area contributed by atoms with Gasteiger partial charge in [-0.2, -0.15) is 0 Å². The van der Waals surface area contributed by atoms with E-state index >= 15 is 0 Å². The smallest absolute Gasteiger partial charge is 0.153 e. The molecular formula is C15H32N2O2S. The summed E-state index contributed by atoms with van der Waals surface area (Å²) in [6.45, 7) is 7.14. The van der Waals surface area contributed by atoms with Gasteiger partial charge in [-0.1, -0.05) is 39.5 Å². The van der Waals surface area contributed by atoms with Crippen LogP contribution in [0.5, 0.6) is 0 Å². The second-order valence-electron chi connectivity index (χ2n) is 6.40. The highest BCUT2D eigenvalue weighted by atomic mass is 32.2. The van der Waals surface area contributed by atoms with Crippen LogP contribution in [0.2, 0.25) is 0 Å². The van der Waals surface area contributed by atoms with Crippen LogP contribution in [0.25, 0.3) is 0 Å².